The van der Waals surface area contributed by atoms with Crippen LogP contribution in [0.2, 0.25) is 0 Å². The van der Waals surface area contributed by atoms with Crippen LogP contribution >= 0.6 is 0 Å². The number of hydrogen-bond donors (Lipinski definition) is 0. The first-order valence-electron chi connectivity index (χ1n) is 6.69. The SMILES string of the molecule is CC(C)(C)c1ccc(C#N)c(N2CCCCC2)n1. The summed E-state index contributed by atoms with van der Waals surface area (Å²) in [6.45, 7) is 8.51. The number of aromatic nitrogens is 1. The van der Waals surface area contributed by atoms with Gasteiger partial charge in [0.15, 0.2) is 0 Å². The van der Waals surface area contributed by atoms with E-state index in [-0.39, 0.29) is 5.41 Å². The molecule has 0 aromatic carbocycles. The quantitative estimate of drug-likeness (QED) is 0.760. The fourth-order valence-corrected chi connectivity index (χ4v) is 2.30. The van der Waals surface area contributed by atoms with E-state index >= 15 is 0 Å². The fraction of sp³-hybridized carbons (Fsp3) is 0.600. The van der Waals surface area contributed by atoms with E-state index in [1.807, 2.05) is 12.1 Å². The van der Waals surface area contributed by atoms with Gasteiger partial charge in [0, 0.05) is 24.2 Å². The van der Waals surface area contributed by atoms with Gasteiger partial charge in [-0.3, -0.25) is 0 Å². The molecule has 2 heterocycles. The lowest BCUT2D eigenvalue weighted by Gasteiger charge is -2.30. The van der Waals surface area contributed by atoms with Gasteiger partial charge in [-0.15, -0.1) is 0 Å². The lowest BCUT2D eigenvalue weighted by molar-refractivity contribution is 0.553. The minimum Gasteiger partial charge on any atom is -0.356 e. The molecule has 0 bridgehead atoms. The monoisotopic (exact) mass is 243 g/mol. The second-order valence-corrected chi connectivity index (χ2v) is 5.98. The zero-order valence-electron chi connectivity index (χ0n) is 11.5. The summed E-state index contributed by atoms with van der Waals surface area (Å²) in [5.41, 5.74) is 1.78. The summed E-state index contributed by atoms with van der Waals surface area (Å²) < 4.78 is 0. The van der Waals surface area contributed by atoms with Gasteiger partial charge in [-0.25, -0.2) is 4.98 Å². The zero-order chi connectivity index (χ0) is 13.2. The molecule has 0 spiro atoms. The van der Waals surface area contributed by atoms with Crippen molar-refractivity contribution in [2.24, 2.45) is 0 Å². The van der Waals surface area contributed by atoms with E-state index in [1.54, 1.807) is 0 Å². The van der Waals surface area contributed by atoms with Crippen LogP contribution in [0.4, 0.5) is 5.82 Å². The lowest BCUT2D eigenvalue weighted by atomic mass is 9.91. The average molecular weight is 243 g/mol. The Labute approximate surface area is 109 Å². The molecule has 1 saturated heterocycles. The summed E-state index contributed by atoms with van der Waals surface area (Å²) in [5.74, 6) is 0.879. The standard InChI is InChI=1S/C15H21N3/c1-15(2,3)13-8-7-12(11-16)14(17-13)18-9-5-4-6-10-18/h7-8H,4-6,9-10H2,1-3H3. The number of anilines is 1. The molecule has 2 rings (SSSR count). The Morgan fingerprint density at radius 1 is 1.17 bits per heavy atom. The Balaban J connectivity index is 2.39. The van der Waals surface area contributed by atoms with E-state index < -0.39 is 0 Å². The van der Waals surface area contributed by atoms with Crippen molar-refractivity contribution in [1.82, 2.24) is 4.98 Å². The second-order valence-electron chi connectivity index (χ2n) is 5.98. The first-order valence-corrected chi connectivity index (χ1v) is 6.69. The smallest absolute Gasteiger partial charge is 0.146 e. The molecule has 3 nitrogen and oxygen atoms in total. The van der Waals surface area contributed by atoms with Crippen LogP contribution in [0.15, 0.2) is 12.1 Å². The number of nitriles is 1. The third-order valence-electron chi connectivity index (χ3n) is 3.42. The minimum absolute atomic E-state index is 0.0263. The number of hydrogen-bond acceptors (Lipinski definition) is 3. The van der Waals surface area contributed by atoms with E-state index in [4.69, 9.17) is 4.98 Å². The summed E-state index contributed by atoms with van der Waals surface area (Å²) >= 11 is 0. The zero-order valence-corrected chi connectivity index (χ0v) is 11.5. The van der Waals surface area contributed by atoms with Crippen LogP contribution < -0.4 is 4.90 Å². The molecule has 18 heavy (non-hydrogen) atoms. The predicted molar refractivity (Wildman–Crippen MR) is 73.7 cm³/mol. The fourth-order valence-electron chi connectivity index (χ4n) is 2.30. The third kappa shape index (κ3) is 2.64. The first kappa shape index (κ1) is 12.9. The van der Waals surface area contributed by atoms with E-state index in [2.05, 4.69) is 31.7 Å². The number of rotatable bonds is 1. The Morgan fingerprint density at radius 3 is 2.39 bits per heavy atom. The average Bonchev–Trinajstić information content (AvgIpc) is 2.38. The summed E-state index contributed by atoms with van der Waals surface area (Å²) in [6, 6.07) is 6.16. The molecule has 0 amide bonds. The second kappa shape index (κ2) is 4.97. The maximum Gasteiger partial charge on any atom is 0.146 e. The maximum absolute atomic E-state index is 9.23. The van der Waals surface area contributed by atoms with Crippen molar-refractivity contribution in [3.05, 3.63) is 23.4 Å². The van der Waals surface area contributed by atoms with Crippen molar-refractivity contribution in [2.75, 3.05) is 18.0 Å². The summed E-state index contributed by atoms with van der Waals surface area (Å²) in [6.07, 6.45) is 3.69. The molecule has 1 aliphatic rings. The van der Waals surface area contributed by atoms with E-state index in [9.17, 15) is 5.26 Å². The molecule has 1 fully saturated rings. The minimum atomic E-state index is 0.0263. The van der Waals surface area contributed by atoms with Crippen LogP contribution in [0, 0.1) is 11.3 Å². The van der Waals surface area contributed by atoms with Crippen molar-refractivity contribution in [2.45, 2.75) is 45.4 Å². The van der Waals surface area contributed by atoms with E-state index in [0.717, 1.165) is 24.6 Å². The number of pyridine rings is 1. The molecule has 0 aliphatic carbocycles. The molecule has 0 atom stereocenters. The van der Waals surface area contributed by atoms with Crippen LogP contribution in [0.3, 0.4) is 0 Å². The highest BCUT2D eigenvalue weighted by Gasteiger charge is 2.21. The van der Waals surface area contributed by atoms with Gasteiger partial charge >= 0.3 is 0 Å². The first-order chi connectivity index (χ1) is 8.52. The number of nitrogens with zero attached hydrogens (tertiary/aromatic N) is 3. The molecule has 0 saturated carbocycles. The van der Waals surface area contributed by atoms with Gasteiger partial charge in [0.05, 0.1) is 5.56 Å². The van der Waals surface area contributed by atoms with E-state index in [1.165, 1.54) is 19.3 Å². The normalized spacial score (nSPS) is 16.4. The largest absolute Gasteiger partial charge is 0.356 e. The summed E-state index contributed by atoms with van der Waals surface area (Å²) in [7, 11) is 0. The summed E-state index contributed by atoms with van der Waals surface area (Å²) in [5, 5.41) is 9.23. The van der Waals surface area contributed by atoms with Gasteiger partial charge in [-0.05, 0) is 31.4 Å². The highest BCUT2D eigenvalue weighted by molar-refractivity contribution is 5.55. The van der Waals surface area contributed by atoms with Crippen LogP contribution in [0.1, 0.15) is 51.3 Å². The molecule has 1 aromatic rings. The Kier molecular flexibility index (Phi) is 3.56. The van der Waals surface area contributed by atoms with Crippen molar-refractivity contribution in [3.63, 3.8) is 0 Å². The molecule has 0 unspecified atom stereocenters. The topological polar surface area (TPSA) is 39.9 Å². The third-order valence-corrected chi connectivity index (χ3v) is 3.42. The van der Waals surface area contributed by atoms with Gasteiger partial charge < -0.3 is 4.90 Å². The van der Waals surface area contributed by atoms with Crippen LogP contribution in [0.5, 0.6) is 0 Å². The van der Waals surface area contributed by atoms with Crippen molar-refractivity contribution in [1.29, 1.82) is 5.26 Å². The lowest BCUT2D eigenvalue weighted by Crippen LogP contribution is -2.31. The van der Waals surface area contributed by atoms with Crippen LogP contribution in [-0.2, 0) is 5.41 Å². The molecule has 1 aromatic heterocycles. The Morgan fingerprint density at radius 2 is 1.83 bits per heavy atom. The van der Waals surface area contributed by atoms with Gasteiger partial charge in [0.2, 0.25) is 0 Å². The molecule has 0 N–H and O–H groups in total. The molecule has 1 aliphatic heterocycles. The van der Waals surface area contributed by atoms with Gasteiger partial charge in [0.25, 0.3) is 0 Å². The van der Waals surface area contributed by atoms with Crippen molar-refractivity contribution >= 4 is 5.82 Å². The Bertz CT molecular complexity index is 460. The van der Waals surface area contributed by atoms with E-state index in [0.29, 0.717) is 5.56 Å². The summed E-state index contributed by atoms with van der Waals surface area (Å²) in [4.78, 5) is 7.00. The van der Waals surface area contributed by atoms with Crippen LogP contribution in [0.25, 0.3) is 0 Å². The predicted octanol–water partition coefficient (Wildman–Crippen LogP) is 3.24. The van der Waals surface area contributed by atoms with Crippen molar-refractivity contribution < 1.29 is 0 Å². The molecule has 96 valence electrons. The van der Waals surface area contributed by atoms with Gasteiger partial charge in [-0.2, -0.15) is 5.26 Å². The highest BCUT2D eigenvalue weighted by Crippen LogP contribution is 2.27. The highest BCUT2D eigenvalue weighted by atomic mass is 15.2. The molecular weight excluding hydrogens is 222 g/mol. The van der Waals surface area contributed by atoms with Crippen molar-refractivity contribution in [3.8, 4) is 6.07 Å². The van der Waals surface area contributed by atoms with Crippen LogP contribution in [-0.4, -0.2) is 18.1 Å². The molecule has 3 heteroatoms. The number of piperidine rings is 1. The molecular formula is C15H21N3. The van der Waals surface area contributed by atoms with Gasteiger partial charge in [-0.1, -0.05) is 20.8 Å². The maximum atomic E-state index is 9.23. The molecule has 0 radical (unpaired) electrons. The Hall–Kier alpha value is -1.56. The van der Waals surface area contributed by atoms with Gasteiger partial charge in [0.1, 0.15) is 11.9 Å².